The van der Waals surface area contributed by atoms with Gasteiger partial charge in [-0.05, 0) is 25.0 Å². The molecule has 2 rings (SSSR count). The van der Waals surface area contributed by atoms with E-state index in [0.29, 0.717) is 0 Å². The molecule has 0 saturated carbocycles. The molecule has 0 bridgehead atoms. The summed E-state index contributed by atoms with van der Waals surface area (Å²) in [4.78, 5) is 36.7. The summed E-state index contributed by atoms with van der Waals surface area (Å²) < 4.78 is 6.65. The van der Waals surface area contributed by atoms with Crippen LogP contribution in [0, 0.1) is 0 Å². The number of carboxylic acids is 1. The van der Waals surface area contributed by atoms with Crippen LogP contribution < -0.4 is 10.3 Å². The van der Waals surface area contributed by atoms with E-state index in [-0.39, 0.29) is 31.2 Å². The quantitative estimate of drug-likeness (QED) is 0.847. The van der Waals surface area contributed by atoms with Gasteiger partial charge in [0, 0.05) is 25.8 Å². The lowest BCUT2D eigenvalue weighted by molar-refractivity contribution is -0.137. The lowest BCUT2D eigenvalue weighted by atomic mass is 10.2. The molecule has 1 fully saturated rings. The maximum absolute atomic E-state index is 12.1. The highest BCUT2D eigenvalue weighted by Gasteiger charge is 2.16. The van der Waals surface area contributed by atoms with Crippen molar-refractivity contribution in [1.29, 1.82) is 0 Å². The second kappa shape index (κ2) is 8.36. The molecule has 2 heterocycles. The molecule has 0 radical (unpaired) electrons. The highest BCUT2D eigenvalue weighted by atomic mass is 16.5. The number of carboxylic acid groups (broad SMARTS) is 1. The largest absolute Gasteiger partial charge is 0.481 e. The van der Waals surface area contributed by atoms with Crippen molar-refractivity contribution in [2.75, 3.05) is 19.7 Å². The van der Waals surface area contributed by atoms with E-state index < -0.39 is 11.5 Å². The number of hydrogen-bond donors (Lipinski definition) is 1. The topological polar surface area (TPSA) is 88.8 Å². The van der Waals surface area contributed by atoms with Crippen molar-refractivity contribution >= 4 is 11.9 Å². The number of rotatable bonds is 6. The molecule has 23 heavy (non-hydrogen) atoms. The Hall–Kier alpha value is -2.31. The summed E-state index contributed by atoms with van der Waals surface area (Å²) >= 11 is 0. The highest BCUT2D eigenvalue weighted by Crippen LogP contribution is 2.10. The predicted octanol–water partition coefficient (Wildman–Crippen LogP) is 1.10. The molecule has 1 aromatic heterocycles. The first-order valence-electron chi connectivity index (χ1n) is 7.90. The summed E-state index contributed by atoms with van der Waals surface area (Å²) in [6.45, 7) is 1.38. The van der Waals surface area contributed by atoms with E-state index in [4.69, 9.17) is 9.84 Å². The Labute approximate surface area is 134 Å². The van der Waals surface area contributed by atoms with Gasteiger partial charge in [-0.25, -0.2) is 0 Å². The molecule has 1 N–H and O–H groups in total. The number of hydrogen-bond acceptors (Lipinski definition) is 4. The lowest BCUT2D eigenvalue weighted by Crippen LogP contribution is -2.36. The highest BCUT2D eigenvalue weighted by molar-refractivity contribution is 5.77. The van der Waals surface area contributed by atoms with Gasteiger partial charge in [0.25, 0.3) is 11.5 Å². The van der Waals surface area contributed by atoms with Gasteiger partial charge in [-0.15, -0.1) is 0 Å². The second-order valence-electron chi connectivity index (χ2n) is 5.60. The number of ether oxygens (including phenoxy) is 1. The van der Waals surface area contributed by atoms with E-state index in [1.807, 2.05) is 0 Å². The zero-order valence-electron chi connectivity index (χ0n) is 13.1. The van der Waals surface area contributed by atoms with E-state index in [2.05, 4.69) is 0 Å². The molecule has 0 aliphatic carbocycles. The standard InChI is InChI=1S/C16H22N2O5/c19-14(17-8-3-1-2-4-9-17)12-23-13-6-5-10-18(16(13)22)11-7-15(20)21/h5-6,10H,1-4,7-9,11-12H2,(H,20,21). The number of aromatic nitrogens is 1. The number of carbonyl (C=O) groups is 2. The zero-order valence-corrected chi connectivity index (χ0v) is 13.1. The molecule has 0 atom stereocenters. The third-order valence-corrected chi connectivity index (χ3v) is 3.86. The van der Waals surface area contributed by atoms with Gasteiger partial charge in [-0.1, -0.05) is 12.8 Å². The number of likely N-dealkylation sites (tertiary alicyclic amines) is 1. The van der Waals surface area contributed by atoms with E-state index in [1.165, 1.54) is 16.8 Å². The first kappa shape index (κ1) is 17.1. The minimum Gasteiger partial charge on any atom is -0.481 e. The van der Waals surface area contributed by atoms with Crippen LogP contribution in [0.1, 0.15) is 32.1 Å². The van der Waals surface area contributed by atoms with Gasteiger partial charge < -0.3 is 19.3 Å². The van der Waals surface area contributed by atoms with Crippen LogP contribution in [0.15, 0.2) is 23.1 Å². The Bertz CT molecular complexity index is 603. The molecule has 0 aromatic carbocycles. The summed E-state index contributed by atoms with van der Waals surface area (Å²) in [5.74, 6) is -1.02. The molecule has 0 unspecified atom stereocenters. The van der Waals surface area contributed by atoms with Crippen LogP contribution in [0.25, 0.3) is 0 Å². The van der Waals surface area contributed by atoms with Crippen LogP contribution in [-0.4, -0.2) is 46.1 Å². The van der Waals surface area contributed by atoms with Gasteiger partial charge in [0.2, 0.25) is 0 Å². The molecule has 126 valence electrons. The van der Waals surface area contributed by atoms with Crippen LogP contribution in [0.5, 0.6) is 5.75 Å². The summed E-state index contributed by atoms with van der Waals surface area (Å²) in [6, 6.07) is 3.10. The van der Waals surface area contributed by atoms with Crippen LogP contribution in [0.2, 0.25) is 0 Å². The first-order valence-corrected chi connectivity index (χ1v) is 7.90. The Morgan fingerprint density at radius 1 is 1.17 bits per heavy atom. The monoisotopic (exact) mass is 322 g/mol. The van der Waals surface area contributed by atoms with Gasteiger partial charge in [-0.3, -0.25) is 14.4 Å². The maximum Gasteiger partial charge on any atom is 0.305 e. The van der Waals surface area contributed by atoms with E-state index in [0.717, 1.165) is 38.8 Å². The minimum atomic E-state index is -0.973. The number of aryl methyl sites for hydroxylation is 1. The molecule has 1 saturated heterocycles. The van der Waals surface area contributed by atoms with Crippen molar-refractivity contribution in [2.45, 2.75) is 38.6 Å². The fourth-order valence-corrected chi connectivity index (χ4v) is 2.57. The smallest absolute Gasteiger partial charge is 0.305 e. The van der Waals surface area contributed by atoms with E-state index in [1.54, 1.807) is 11.0 Å². The molecule has 1 amide bonds. The zero-order chi connectivity index (χ0) is 16.7. The molecule has 7 heteroatoms. The average molecular weight is 322 g/mol. The normalized spacial score (nSPS) is 15.0. The predicted molar refractivity (Wildman–Crippen MR) is 83.5 cm³/mol. The molecular formula is C16H22N2O5. The van der Waals surface area contributed by atoms with Gasteiger partial charge in [0.15, 0.2) is 12.4 Å². The van der Waals surface area contributed by atoms with Crippen molar-refractivity contribution in [2.24, 2.45) is 0 Å². The van der Waals surface area contributed by atoms with Crippen LogP contribution in [0.3, 0.4) is 0 Å². The summed E-state index contributed by atoms with van der Waals surface area (Å²) in [7, 11) is 0. The molecule has 0 spiro atoms. The third kappa shape index (κ3) is 5.12. The first-order chi connectivity index (χ1) is 11.1. The summed E-state index contributed by atoms with van der Waals surface area (Å²) in [5.41, 5.74) is -0.419. The van der Waals surface area contributed by atoms with Crippen molar-refractivity contribution in [3.05, 3.63) is 28.7 Å². The van der Waals surface area contributed by atoms with Gasteiger partial charge in [0.05, 0.1) is 6.42 Å². The van der Waals surface area contributed by atoms with Crippen molar-refractivity contribution in [3.63, 3.8) is 0 Å². The molecular weight excluding hydrogens is 300 g/mol. The lowest BCUT2D eigenvalue weighted by Gasteiger charge is -2.20. The summed E-state index contributed by atoms with van der Waals surface area (Å²) in [5, 5.41) is 8.68. The van der Waals surface area contributed by atoms with E-state index in [9.17, 15) is 14.4 Å². The SMILES string of the molecule is O=C(O)CCn1cccc(OCC(=O)N2CCCCCC2)c1=O. The molecule has 1 aromatic rings. The Morgan fingerprint density at radius 2 is 1.87 bits per heavy atom. The van der Waals surface area contributed by atoms with Crippen molar-refractivity contribution < 1.29 is 19.4 Å². The van der Waals surface area contributed by atoms with Gasteiger partial charge in [0.1, 0.15) is 0 Å². The number of aliphatic carboxylic acids is 1. The van der Waals surface area contributed by atoms with Gasteiger partial charge in [-0.2, -0.15) is 0 Å². The van der Waals surface area contributed by atoms with E-state index >= 15 is 0 Å². The van der Waals surface area contributed by atoms with Crippen molar-refractivity contribution in [3.8, 4) is 5.75 Å². The number of pyridine rings is 1. The molecule has 1 aliphatic heterocycles. The third-order valence-electron chi connectivity index (χ3n) is 3.86. The fourth-order valence-electron chi connectivity index (χ4n) is 2.57. The Balaban J connectivity index is 1.94. The van der Waals surface area contributed by atoms with Crippen molar-refractivity contribution in [1.82, 2.24) is 9.47 Å². The molecule has 1 aliphatic rings. The van der Waals surface area contributed by atoms with Crippen LogP contribution >= 0.6 is 0 Å². The van der Waals surface area contributed by atoms with Gasteiger partial charge >= 0.3 is 5.97 Å². The Kier molecular flexibility index (Phi) is 6.19. The number of carbonyl (C=O) groups excluding carboxylic acids is 1. The fraction of sp³-hybridized carbons (Fsp3) is 0.562. The van der Waals surface area contributed by atoms with Crippen LogP contribution in [0.4, 0.5) is 0 Å². The van der Waals surface area contributed by atoms with Crippen LogP contribution in [-0.2, 0) is 16.1 Å². The summed E-state index contributed by atoms with van der Waals surface area (Å²) in [6.07, 6.45) is 5.64. The Morgan fingerprint density at radius 3 is 2.52 bits per heavy atom. The number of nitrogens with zero attached hydrogens (tertiary/aromatic N) is 2. The number of amides is 1. The molecule has 7 nitrogen and oxygen atoms in total. The second-order valence-corrected chi connectivity index (χ2v) is 5.60. The average Bonchev–Trinajstić information content (AvgIpc) is 2.81. The minimum absolute atomic E-state index is 0.0704. The maximum atomic E-state index is 12.1.